The van der Waals surface area contributed by atoms with Crippen LogP contribution in [-0.4, -0.2) is 96.4 Å². The first kappa shape index (κ1) is 29.8. The molecule has 226 valence electrons. The Kier molecular flexibility index (Phi) is 6.89. The Hall–Kier alpha value is -3.64. The number of ether oxygens (including phenoxy) is 1. The van der Waals surface area contributed by atoms with Gasteiger partial charge in [0, 0.05) is 37.8 Å². The summed E-state index contributed by atoms with van der Waals surface area (Å²) in [6.07, 6.45) is -0.386. The van der Waals surface area contributed by atoms with Gasteiger partial charge in [0.1, 0.15) is 5.75 Å². The lowest BCUT2D eigenvalue weighted by Gasteiger charge is -2.52. The Labute approximate surface area is 244 Å². The van der Waals surface area contributed by atoms with Crippen LogP contribution in [0.15, 0.2) is 6.07 Å². The smallest absolute Gasteiger partial charge is 0.409 e. The number of primary amides is 1. The fraction of sp³-hybridized carbons (Fsp3) is 0.600. The normalized spacial score (nSPS) is 30.8. The summed E-state index contributed by atoms with van der Waals surface area (Å²) in [6.45, 7) is 6.60. The second kappa shape index (κ2) is 9.70. The summed E-state index contributed by atoms with van der Waals surface area (Å²) in [7, 11) is 6.77. The molecular formula is C30H38N4O8. The number of nitrogens with two attached hydrogens (primary N) is 1. The molecule has 12 heteroatoms. The van der Waals surface area contributed by atoms with E-state index < -0.39 is 70.4 Å². The van der Waals surface area contributed by atoms with E-state index in [1.54, 1.807) is 19.0 Å². The molecule has 42 heavy (non-hydrogen) atoms. The van der Waals surface area contributed by atoms with Crippen LogP contribution < -0.4 is 15.4 Å². The molecule has 4 aliphatic rings. The molecule has 1 heterocycles. The van der Waals surface area contributed by atoms with Gasteiger partial charge in [0.15, 0.2) is 34.7 Å². The average Bonchev–Trinajstić information content (AvgIpc) is 2.85. The van der Waals surface area contributed by atoms with Gasteiger partial charge in [-0.2, -0.15) is 0 Å². The third kappa shape index (κ3) is 4.26. The highest BCUT2D eigenvalue weighted by atomic mass is 16.6. The van der Waals surface area contributed by atoms with E-state index in [0.29, 0.717) is 17.7 Å². The third-order valence-electron chi connectivity index (χ3n) is 9.05. The van der Waals surface area contributed by atoms with E-state index in [1.807, 2.05) is 45.8 Å². The first-order valence-electron chi connectivity index (χ1n) is 14.1. The molecule has 6 atom stereocenters. The summed E-state index contributed by atoms with van der Waals surface area (Å²) >= 11 is 0. The van der Waals surface area contributed by atoms with E-state index in [2.05, 4.69) is 0 Å². The molecule has 3 N–H and O–H groups in total. The zero-order valence-electron chi connectivity index (χ0n) is 25.0. The number of fused-ring (bicyclic) bond motifs is 5. The summed E-state index contributed by atoms with van der Waals surface area (Å²) in [6, 6.07) is 0.747. The average molecular weight is 583 g/mol. The molecule has 0 bridgehead atoms. The Morgan fingerprint density at radius 3 is 2.31 bits per heavy atom. The fourth-order valence-electron chi connectivity index (χ4n) is 7.44. The first-order chi connectivity index (χ1) is 19.4. The van der Waals surface area contributed by atoms with Gasteiger partial charge in [-0.25, -0.2) is 4.79 Å². The Morgan fingerprint density at radius 1 is 1.12 bits per heavy atom. The zero-order valence-corrected chi connectivity index (χ0v) is 25.0. The molecule has 4 unspecified atom stereocenters. The van der Waals surface area contributed by atoms with Gasteiger partial charge < -0.3 is 25.4 Å². The number of benzene rings is 1. The van der Waals surface area contributed by atoms with Crippen molar-refractivity contribution in [1.82, 2.24) is 9.80 Å². The zero-order chi connectivity index (χ0) is 31.2. The van der Waals surface area contributed by atoms with Gasteiger partial charge in [-0.05, 0) is 49.9 Å². The number of nitrogens with zero attached hydrogens (tertiary/aromatic N) is 3. The molecule has 5 rings (SSSR count). The number of anilines is 1. The topological polar surface area (TPSA) is 168 Å². The summed E-state index contributed by atoms with van der Waals surface area (Å²) < 4.78 is 5.77. The molecule has 12 nitrogen and oxygen atoms in total. The van der Waals surface area contributed by atoms with Gasteiger partial charge in [-0.15, -0.1) is 0 Å². The lowest BCUT2D eigenvalue weighted by Crippen LogP contribution is -2.74. The Balaban J connectivity index is 1.64. The number of hydrogen-bond acceptors (Lipinski definition) is 10. The van der Waals surface area contributed by atoms with Gasteiger partial charge in [0.25, 0.3) is 0 Å². The molecule has 0 aromatic heterocycles. The van der Waals surface area contributed by atoms with Crippen molar-refractivity contribution in [2.75, 3.05) is 39.6 Å². The van der Waals surface area contributed by atoms with Crippen molar-refractivity contribution >= 4 is 40.8 Å². The highest BCUT2D eigenvalue weighted by Crippen LogP contribution is 2.52. The van der Waals surface area contributed by atoms with Gasteiger partial charge in [-0.1, -0.05) is 20.8 Å². The van der Waals surface area contributed by atoms with Crippen LogP contribution in [0.2, 0.25) is 0 Å². The van der Waals surface area contributed by atoms with Crippen molar-refractivity contribution in [2.45, 2.75) is 51.8 Å². The third-order valence-corrected chi connectivity index (χ3v) is 9.05. The maximum atomic E-state index is 14.3. The molecule has 3 aliphatic carbocycles. The molecule has 0 radical (unpaired) electrons. The maximum Gasteiger partial charge on any atom is 0.415 e. The minimum atomic E-state index is -2.75. The first-order valence-corrected chi connectivity index (χ1v) is 14.1. The van der Waals surface area contributed by atoms with Crippen LogP contribution in [0, 0.1) is 29.1 Å². The van der Waals surface area contributed by atoms with Crippen molar-refractivity contribution in [3.8, 4) is 5.75 Å². The van der Waals surface area contributed by atoms with Gasteiger partial charge in [0.05, 0.1) is 24.1 Å². The quantitative estimate of drug-likeness (QED) is 0.480. The molecule has 1 aromatic carbocycles. The number of hydrogen-bond donors (Lipinski definition) is 2. The summed E-state index contributed by atoms with van der Waals surface area (Å²) in [5.74, 6) is -10.2. The summed E-state index contributed by atoms with van der Waals surface area (Å²) in [5, 5.41) is 11.8. The number of carbonyl (C=O) groups is 6. The van der Waals surface area contributed by atoms with Crippen LogP contribution in [0.5, 0.6) is 5.75 Å². The molecule has 2 amide bonds. The second-order valence-electron chi connectivity index (χ2n) is 13.7. The van der Waals surface area contributed by atoms with E-state index in [9.17, 15) is 33.9 Å². The second-order valence-corrected chi connectivity index (χ2v) is 13.7. The SMILES string of the molecule is CN(C)c1cc2c(c3c1CC1CC4[C@H](N(C)C)C(=O)C(C(N)=O)C(=O)[C@@]4(O)C(=O)C1C3=O)OC(=O)N(CC(C)(C)C)C2. The number of carbonyl (C=O) groups excluding carboxylic acids is 6. The van der Waals surface area contributed by atoms with Crippen LogP contribution in [0.3, 0.4) is 0 Å². The summed E-state index contributed by atoms with van der Waals surface area (Å²) in [4.78, 5) is 85.4. The summed E-state index contributed by atoms with van der Waals surface area (Å²) in [5.41, 5.74) is 4.46. The van der Waals surface area contributed by atoms with Crippen molar-refractivity contribution in [1.29, 1.82) is 0 Å². The van der Waals surface area contributed by atoms with E-state index in [1.165, 1.54) is 4.90 Å². The predicted octanol–water partition coefficient (Wildman–Crippen LogP) is 0.588. The number of rotatable bonds is 4. The molecule has 1 aliphatic heterocycles. The number of ketones is 4. The van der Waals surface area contributed by atoms with Gasteiger partial charge in [-0.3, -0.25) is 28.9 Å². The van der Waals surface area contributed by atoms with E-state index in [4.69, 9.17) is 10.5 Å². The predicted molar refractivity (Wildman–Crippen MR) is 150 cm³/mol. The van der Waals surface area contributed by atoms with Crippen LogP contribution in [-0.2, 0) is 32.1 Å². The number of Topliss-reactive ketones (excluding diaryl/α,β-unsaturated/α-hetero) is 4. The lowest BCUT2D eigenvalue weighted by molar-refractivity contribution is -0.181. The minimum Gasteiger partial charge on any atom is -0.409 e. The molecule has 0 saturated heterocycles. The van der Waals surface area contributed by atoms with E-state index in [0.717, 1.165) is 5.69 Å². The maximum absolute atomic E-state index is 14.3. The van der Waals surface area contributed by atoms with Gasteiger partial charge >= 0.3 is 6.09 Å². The van der Waals surface area contributed by atoms with Crippen LogP contribution >= 0.6 is 0 Å². The van der Waals surface area contributed by atoms with E-state index in [-0.39, 0.29) is 36.1 Å². The van der Waals surface area contributed by atoms with Crippen molar-refractivity contribution < 1.29 is 38.6 Å². The lowest BCUT2D eigenvalue weighted by atomic mass is 9.52. The van der Waals surface area contributed by atoms with Crippen LogP contribution in [0.4, 0.5) is 10.5 Å². The molecule has 2 saturated carbocycles. The molecule has 1 aromatic rings. The fourth-order valence-corrected chi connectivity index (χ4v) is 7.44. The monoisotopic (exact) mass is 582 g/mol. The molecule has 2 fully saturated rings. The van der Waals surface area contributed by atoms with Gasteiger partial charge in [0.2, 0.25) is 5.91 Å². The highest BCUT2D eigenvalue weighted by molar-refractivity contribution is 6.32. The highest BCUT2D eigenvalue weighted by Gasteiger charge is 2.69. The van der Waals surface area contributed by atoms with Crippen molar-refractivity contribution in [3.63, 3.8) is 0 Å². The largest absolute Gasteiger partial charge is 0.415 e. The minimum absolute atomic E-state index is 0.00694. The Bertz CT molecular complexity index is 1440. The van der Waals surface area contributed by atoms with Crippen LogP contribution in [0.25, 0.3) is 0 Å². The van der Waals surface area contributed by atoms with E-state index >= 15 is 0 Å². The van der Waals surface area contributed by atoms with Crippen molar-refractivity contribution in [3.05, 3.63) is 22.8 Å². The van der Waals surface area contributed by atoms with Crippen LogP contribution in [0.1, 0.15) is 48.7 Å². The standard InChI is InChI=1S/C30H38N4O8/c1-29(2,3)12-34-11-14-10-17(32(4)5)15-8-13-9-16-21(33(6)7)23(36)20(27(31)39)26(38)30(16,41)25(37)18(13)22(35)19(15)24(14)42-28(34)40/h10,13,16,18,20-21,41H,8-9,11-12H2,1-7H3,(H2,31,39)/t13?,16?,18?,20?,21-,30-/m0/s1. The number of aliphatic hydroxyl groups is 1. The number of likely N-dealkylation sites (N-methyl/N-ethyl adjacent to an activating group) is 1. The Morgan fingerprint density at radius 2 is 1.76 bits per heavy atom. The molecular weight excluding hydrogens is 544 g/mol. The van der Waals surface area contributed by atoms with Crippen molar-refractivity contribution in [2.24, 2.45) is 34.8 Å². The number of amides is 2. The molecule has 0 spiro atoms.